The van der Waals surface area contributed by atoms with E-state index < -0.39 is 0 Å². The van der Waals surface area contributed by atoms with Crippen LogP contribution in [0.1, 0.15) is 44.4 Å². The highest BCUT2D eigenvalue weighted by atomic mass is 16.2. The van der Waals surface area contributed by atoms with E-state index in [1.807, 2.05) is 6.92 Å². The van der Waals surface area contributed by atoms with Gasteiger partial charge in [-0.05, 0) is 49.4 Å². The topological polar surface area (TPSA) is 58.4 Å². The highest BCUT2D eigenvalue weighted by Crippen LogP contribution is 2.28. The maximum atomic E-state index is 12.2. The fourth-order valence-electron chi connectivity index (χ4n) is 3.04. The van der Waals surface area contributed by atoms with Crippen molar-refractivity contribution in [3.05, 3.63) is 35.4 Å². The minimum atomic E-state index is 0.0434. The van der Waals surface area contributed by atoms with Gasteiger partial charge in [0.1, 0.15) is 0 Å². The van der Waals surface area contributed by atoms with E-state index in [2.05, 4.69) is 48.3 Å². The molecule has 1 aromatic rings. The molecule has 0 aromatic heterocycles. The number of rotatable bonds is 6. The third kappa shape index (κ3) is 4.31. The molecule has 1 heterocycles. The fraction of sp³-hybridized carbons (Fsp3) is 0.611. The monoisotopic (exact) mass is 303 g/mol. The minimum Gasteiger partial charge on any atom is -0.348 e. The lowest BCUT2D eigenvalue weighted by molar-refractivity contribution is -0.122. The van der Waals surface area contributed by atoms with Crippen molar-refractivity contribution in [3.63, 3.8) is 0 Å². The Hall–Kier alpha value is -1.39. The fourth-order valence-corrected chi connectivity index (χ4v) is 3.04. The van der Waals surface area contributed by atoms with Crippen LogP contribution < -0.4 is 11.1 Å². The summed E-state index contributed by atoms with van der Waals surface area (Å²) in [6.45, 7) is 9.40. The number of hydrogen-bond acceptors (Lipinski definition) is 3. The van der Waals surface area contributed by atoms with Gasteiger partial charge in [0.15, 0.2) is 0 Å². The summed E-state index contributed by atoms with van der Waals surface area (Å²) in [5.41, 5.74) is 8.45. The summed E-state index contributed by atoms with van der Waals surface area (Å²) in [5, 5.41) is 3.09. The molecule has 1 amide bonds. The Morgan fingerprint density at radius 3 is 2.64 bits per heavy atom. The lowest BCUT2D eigenvalue weighted by Gasteiger charge is -2.23. The van der Waals surface area contributed by atoms with Crippen molar-refractivity contribution >= 4 is 5.91 Å². The number of carbonyl (C=O) groups is 1. The van der Waals surface area contributed by atoms with Gasteiger partial charge >= 0.3 is 0 Å². The number of amides is 1. The molecule has 2 rings (SSSR count). The average Bonchev–Trinajstić information content (AvgIpc) is 2.89. The molecule has 1 aromatic carbocycles. The molecule has 1 saturated heterocycles. The molecule has 2 atom stereocenters. The Labute approximate surface area is 134 Å². The zero-order valence-electron chi connectivity index (χ0n) is 14.1. The average molecular weight is 303 g/mol. The zero-order valence-corrected chi connectivity index (χ0v) is 14.1. The van der Waals surface area contributed by atoms with E-state index in [0.29, 0.717) is 13.1 Å². The molecule has 2 unspecified atom stereocenters. The van der Waals surface area contributed by atoms with Crippen molar-refractivity contribution in [3.8, 4) is 0 Å². The molecule has 0 spiro atoms. The van der Waals surface area contributed by atoms with Crippen LogP contribution in [-0.4, -0.2) is 37.0 Å². The maximum Gasteiger partial charge on any atom is 0.234 e. The molecular formula is C18H29N3O. The van der Waals surface area contributed by atoms with Crippen LogP contribution in [0, 0.1) is 5.41 Å². The Morgan fingerprint density at radius 2 is 2.09 bits per heavy atom. The van der Waals surface area contributed by atoms with Gasteiger partial charge in [-0.3, -0.25) is 9.69 Å². The van der Waals surface area contributed by atoms with Crippen LogP contribution in [0.4, 0.5) is 0 Å². The van der Waals surface area contributed by atoms with Crippen LogP contribution in [0.2, 0.25) is 0 Å². The van der Waals surface area contributed by atoms with Gasteiger partial charge in [-0.25, -0.2) is 0 Å². The lowest BCUT2D eigenvalue weighted by Crippen LogP contribution is -2.39. The third-order valence-corrected chi connectivity index (χ3v) is 4.76. The molecule has 0 aliphatic carbocycles. The van der Waals surface area contributed by atoms with Gasteiger partial charge in [-0.15, -0.1) is 0 Å². The van der Waals surface area contributed by atoms with Crippen LogP contribution in [0.3, 0.4) is 0 Å². The molecule has 0 saturated carbocycles. The quantitative estimate of drug-likeness (QED) is 0.846. The first-order valence-electron chi connectivity index (χ1n) is 8.26. The number of nitrogens with one attached hydrogen (secondary N) is 1. The molecule has 1 aliphatic heterocycles. The van der Waals surface area contributed by atoms with Crippen molar-refractivity contribution in [1.82, 2.24) is 10.2 Å². The van der Waals surface area contributed by atoms with Gasteiger partial charge in [0.05, 0.1) is 12.6 Å². The first-order valence-corrected chi connectivity index (χ1v) is 8.26. The summed E-state index contributed by atoms with van der Waals surface area (Å²) in [6.07, 6.45) is 2.11. The second-order valence-electron chi connectivity index (χ2n) is 6.86. The highest BCUT2D eigenvalue weighted by molar-refractivity contribution is 5.78. The Kier molecular flexibility index (Phi) is 5.59. The largest absolute Gasteiger partial charge is 0.348 e. The predicted molar refractivity (Wildman–Crippen MR) is 90.6 cm³/mol. The summed E-state index contributed by atoms with van der Waals surface area (Å²) in [5.74, 6) is 0.0911. The Bertz CT molecular complexity index is 500. The van der Waals surface area contributed by atoms with Gasteiger partial charge in [-0.1, -0.05) is 38.1 Å². The van der Waals surface area contributed by atoms with E-state index in [4.69, 9.17) is 5.73 Å². The van der Waals surface area contributed by atoms with Crippen LogP contribution in [0.5, 0.6) is 0 Å². The van der Waals surface area contributed by atoms with E-state index in [-0.39, 0.29) is 17.4 Å². The highest BCUT2D eigenvalue weighted by Gasteiger charge is 2.33. The van der Waals surface area contributed by atoms with E-state index in [9.17, 15) is 4.79 Å². The number of likely N-dealkylation sites (tertiary alicyclic amines) is 1. The van der Waals surface area contributed by atoms with Crippen molar-refractivity contribution in [1.29, 1.82) is 0 Å². The van der Waals surface area contributed by atoms with Crippen LogP contribution in [0.25, 0.3) is 0 Å². The number of nitrogens with two attached hydrogens (primary N) is 1. The normalized spacial score (nSPS) is 23.5. The Morgan fingerprint density at radius 1 is 1.41 bits per heavy atom. The second kappa shape index (κ2) is 7.25. The number of carbonyl (C=O) groups excluding carboxylic acids is 1. The summed E-state index contributed by atoms with van der Waals surface area (Å²) < 4.78 is 0. The molecule has 3 N–H and O–H groups in total. The first-order chi connectivity index (χ1) is 10.5. The number of nitrogens with zero attached hydrogens (tertiary/aromatic N) is 1. The van der Waals surface area contributed by atoms with Crippen molar-refractivity contribution in [2.24, 2.45) is 11.1 Å². The van der Waals surface area contributed by atoms with Gasteiger partial charge in [0, 0.05) is 6.54 Å². The van der Waals surface area contributed by atoms with Crippen LogP contribution >= 0.6 is 0 Å². The molecular weight excluding hydrogens is 274 g/mol. The molecule has 4 nitrogen and oxygen atoms in total. The summed E-state index contributed by atoms with van der Waals surface area (Å²) >= 11 is 0. The van der Waals surface area contributed by atoms with E-state index in [0.717, 1.165) is 31.5 Å². The molecule has 122 valence electrons. The van der Waals surface area contributed by atoms with Crippen molar-refractivity contribution < 1.29 is 4.79 Å². The van der Waals surface area contributed by atoms with Gasteiger partial charge in [0.25, 0.3) is 0 Å². The van der Waals surface area contributed by atoms with Crippen molar-refractivity contribution in [2.75, 3.05) is 26.2 Å². The van der Waals surface area contributed by atoms with Gasteiger partial charge in [-0.2, -0.15) is 0 Å². The minimum absolute atomic E-state index is 0.0434. The van der Waals surface area contributed by atoms with E-state index in [1.165, 1.54) is 5.56 Å². The van der Waals surface area contributed by atoms with Crippen LogP contribution in [-0.2, 0) is 11.2 Å². The zero-order chi connectivity index (χ0) is 16.2. The molecule has 22 heavy (non-hydrogen) atoms. The summed E-state index contributed by atoms with van der Waals surface area (Å²) in [4.78, 5) is 14.4. The molecule has 4 heteroatoms. The molecule has 0 radical (unpaired) electrons. The standard InChI is InChI=1S/C18H29N3O/c1-4-15-5-7-16(8-6-15)14(2)20-17(22)11-21-10-9-18(3,12-19)13-21/h5-8,14H,4,9-13,19H2,1-3H3,(H,20,22). The smallest absolute Gasteiger partial charge is 0.234 e. The van der Waals surface area contributed by atoms with Crippen LogP contribution in [0.15, 0.2) is 24.3 Å². The maximum absolute atomic E-state index is 12.2. The second-order valence-corrected chi connectivity index (χ2v) is 6.86. The lowest BCUT2D eigenvalue weighted by atomic mass is 9.90. The molecule has 1 aliphatic rings. The number of aryl methyl sites for hydroxylation is 1. The molecule has 1 fully saturated rings. The number of benzene rings is 1. The summed E-state index contributed by atoms with van der Waals surface area (Å²) in [7, 11) is 0. The molecule has 0 bridgehead atoms. The van der Waals surface area contributed by atoms with Crippen molar-refractivity contribution in [2.45, 2.75) is 39.7 Å². The summed E-state index contributed by atoms with van der Waals surface area (Å²) in [6, 6.07) is 8.51. The van der Waals surface area contributed by atoms with Gasteiger partial charge < -0.3 is 11.1 Å². The SMILES string of the molecule is CCc1ccc(C(C)NC(=O)CN2CCC(C)(CN)C2)cc1. The first kappa shape index (κ1) is 17.0. The third-order valence-electron chi connectivity index (χ3n) is 4.76. The number of hydrogen-bond donors (Lipinski definition) is 2. The van der Waals surface area contributed by atoms with E-state index >= 15 is 0 Å². The van der Waals surface area contributed by atoms with Gasteiger partial charge in [0.2, 0.25) is 5.91 Å². The Balaban J connectivity index is 1.83. The van der Waals surface area contributed by atoms with E-state index in [1.54, 1.807) is 0 Å². The predicted octanol–water partition coefficient (Wildman–Crippen LogP) is 2.10.